The van der Waals surface area contributed by atoms with Crippen LogP contribution < -0.4 is 0 Å². The molecule has 0 aliphatic rings. The highest BCUT2D eigenvalue weighted by Crippen LogP contribution is 2.06. The van der Waals surface area contributed by atoms with E-state index >= 15 is 0 Å². The van der Waals surface area contributed by atoms with Crippen LogP contribution in [0.25, 0.3) is 0 Å². The van der Waals surface area contributed by atoms with Gasteiger partial charge in [-0.2, -0.15) is 4.74 Å². The van der Waals surface area contributed by atoms with Crippen molar-refractivity contribution in [3.63, 3.8) is 0 Å². The molecule has 0 saturated heterocycles. The SMILES string of the molecule is CCCCCCCCn1occc1=S. The maximum atomic E-state index is 5.20. The van der Waals surface area contributed by atoms with Crippen molar-refractivity contribution in [1.82, 2.24) is 4.74 Å². The predicted octanol–water partition coefficient (Wildman–Crippen LogP) is 4.17. The van der Waals surface area contributed by atoms with Gasteiger partial charge in [-0.1, -0.05) is 51.2 Å². The minimum atomic E-state index is 0.804. The topological polar surface area (TPSA) is 18.1 Å². The van der Waals surface area contributed by atoms with Gasteiger partial charge < -0.3 is 4.52 Å². The van der Waals surface area contributed by atoms with Crippen LogP contribution in [0.2, 0.25) is 0 Å². The Bertz CT molecular complexity index is 289. The molecule has 80 valence electrons. The molecule has 0 fully saturated rings. The zero-order chi connectivity index (χ0) is 10.2. The minimum absolute atomic E-state index is 0.804. The fraction of sp³-hybridized carbons (Fsp3) is 0.727. The van der Waals surface area contributed by atoms with E-state index in [1.165, 1.54) is 38.5 Å². The molecule has 0 aliphatic carbocycles. The zero-order valence-electron chi connectivity index (χ0n) is 8.87. The second-order valence-electron chi connectivity index (χ2n) is 3.62. The normalized spacial score (nSPS) is 10.6. The summed E-state index contributed by atoms with van der Waals surface area (Å²) in [6.07, 6.45) is 9.47. The van der Waals surface area contributed by atoms with Gasteiger partial charge in [0.25, 0.3) is 0 Å². The van der Waals surface area contributed by atoms with Crippen LogP contribution in [-0.4, -0.2) is 4.74 Å². The molecule has 0 aromatic carbocycles. The van der Waals surface area contributed by atoms with Gasteiger partial charge in [-0.15, -0.1) is 0 Å². The molecule has 0 unspecified atom stereocenters. The standard InChI is InChI=1S/C11H19NOS/c1-2-3-4-5-6-7-9-12-11(14)8-10-13-12/h8,10H,2-7,9H2,1H3. The van der Waals surface area contributed by atoms with E-state index in [2.05, 4.69) is 6.92 Å². The highest BCUT2D eigenvalue weighted by molar-refractivity contribution is 7.71. The largest absolute Gasteiger partial charge is 0.386 e. The molecule has 0 amide bonds. The Balaban J connectivity index is 2.05. The molecule has 14 heavy (non-hydrogen) atoms. The van der Waals surface area contributed by atoms with Crippen molar-refractivity contribution in [2.24, 2.45) is 0 Å². The van der Waals surface area contributed by atoms with Crippen LogP contribution in [0.4, 0.5) is 0 Å². The van der Waals surface area contributed by atoms with Crippen LogP contribution >= 0.6 is 12.2 Å². The van der Waals surface area contributed by atoms with Crippen LogP contribution in [0.5, 0.6) is 0 Å². The van der Waals surface area contributed by atoms with Gasteiger partial charge in [0, 0.05) is 6.07 Å². The lowest BCUT2D eigenvalue weighted by atomic mass is 10.1. The number of hydrogen-bond acceptors (Lipinski definition) is 2. The third kappa shape index (κ3) is 4.09. The van der Waals surface area contributed by atoms with Gasteiger partial charge in [0.15, 0.2) is 0 Å². The van der Waals surface area contributed by atoms with Crippen LogP contribution in [0.15, 0.2) is 16.9 Å². The molecule has 2 nitrogen and oxygen atoms in total. The lowest BCUT2D eigenvalue weighted by Crippen LogP contribution is -1.95. The first-order valence-corrected chi connectivity index (χ1v) is 5.90. The van der Waals surface area contributed by atoms with Crippen molar-refractivity contribution in [2.45, 2.75) is 52.0 Å². The number of aromatic nitrogens is 1. The predicted molar refractivity (Wildman–Crippen MR) is 60.9 cm³/mol. The molecule has 0 spiro atoms. The van der Waals surface area contributed by atoms with Gasteiger partial charge in [-0.05, 0) is 6.42 Å². The Hall–Kier alpha value is -0.570. The second-order valence-corrected chi connectivity index (χ2v) is 4.03. The average molecular weight is 213 g/mol. The van der Waals surface area contributed by atoms with Crippen molar-refractivity contribution < 1.29 is 4.52 Å². The zero-order valence-corrected chi connectivity index (χ0v) is 9.68. The number of hydrogen-bond donors (Lipinski definition) is 0. The summed E-state index contributed by atoms with van der Waals surface area (Å²) in [4.78, 5) is 0. The summed E-state index contributed by atoms with van der Waals surface area (Å²) in [6, 6.07) is 1.83. The van der Waals surface area contributed by atoms with E-state index < -0.39 is 0 Å². The summed E-state index contributed by atoms with van der Waals surface area (Å²) in [5.74, 6) is 0. The maximum absolute atomic E-state index is 5.20. The summed E-state index contributed by atoms with van der Waals surface area (Å²) in [7, 11) is 0. The number of unbranched alkanes of at least 4 members (excludes halogenated alkanes) is 5. The molecule has 0 N–H and O–H groups in total. The molecule has 1 aromatic heterocycles. The molecule has 0 atom stereocenters. The smallest absolute Gasteiger partial charge is 0.141 e. The van der Waals surface area contributed by atoms with Crippen molar-refractivity contribution >= 4 is 12.2 Å². The first-order valence-electron chi connectivity index (χ1n) is 5.49. The minimum Gasteiger partial charge on any atom is -0.386 e. The number of rotatable bonds is 7. The Kier molecular flexibility index (Phi) is 5.60. The van der Waals surface area contributed by atoms with E-state index in [4.69, 9.17) is 16.7 Å². The van der Waals surface area contributed by atoms with E-state index in [-0.39, 0.29) is 0 Å². The summed E-state index contributed by atoms with van der Waals surface area (Å²) >= 11 is 5.07. The first kappa shape index (κ1) is 11.5. The fourth-order valence-corrected chi connectivity index (χ4v) is 1.69. The van der Waals surface area contributed by atoms with Gasteiger partial charge in [0.1, 0.15) is 10.9 Å². The third-order valence-corrected chi connectivity index (χ3v) is 2.70. The van der Waals surface area contributed by atoms with Gasteiger partial charge in [0.2, 0.25) is 0 Å². The van der Waals surface area contributed by atoms with Crippen molar-refractivity contribution in [3.05, 3.63) is 17.0 Å². The molecule has 0 radical (unpaired) electrons. The van der Waals surface area contributed by atoms with E-state index in [0.29, 0.717) is 0 Å². The molecule has 0 bridgehead atoms. The molecular formula is C11H19NOS. The number of nitrogens with zero attached hydrogens (tertiary/aromatic N) is 1. The molecular weight excluding hydrogens is 194 g/mol. The highest BCUT2D eigenvalue weighted by Gasteiger charge is 1.95. The summed E-state index contributed by atoms with van der Waals surface area (Å²) in [5.41, 5.74) is 0. The molecule has 0 aliphatic heterocycles. The monoisotopic (exact) mass is 213 g/mol. The third-order valence-electron chi connectivity index (χ3n) is 2.36. The van der Waals surface area contributed by atoms with E-state index in [1.807, 2.05) is 6.07 Å². The maximum Gasteiger partial charge on any atom is 0.141 e. The molecule has 1 rings (SSSR count). The van der Waals surface area contributed by atoms with Crippen molar-refractivity contribution in [3.8, 4) is 0 Å². The molecule has 0 saturated carbocycles. The van der Waals surface area contributed by atoms with Crippen LogP contribution in [0, 0.1) is 4.64 Å². The Morgan fingerprint density at radius 2 is 1.93 bits per heavy atom. The van der Waals surface area contributed by atoms with E-state index in [0.717, 1.165) is 11.2 Å². The average Bonchev–Trinajstić information content (AvgIpc) is 2.58. The van der Waals surface area contributed by atoms with E-state index in [1.54, 1.807) is 11.0 Å². The van der Waals surface area contributed by atoms with Gasteiger partial charge in [-0.3, -0.25) is 0 Å². The quantitative estimate of drug-likeness (QED) is 0.500. The lowest BCUT2D eigenvalue weighted by Gasteiger charge is -2.01. The van der Waals surface area contributed by atoms with E-state index in [9.17, 15) is 0 Å². The Morgan fingerprint density at radius 3 is 2.57 bits per heavy atom. The first-order chi connectivity index (χ1) is 6.84. The molecule has 3 heteroatoms. The fourth-order valence-electron chi connectivity index (χ4n) is 1.50. The Labute approximate surface area is 90.9 Å². The van der Waals surface area contributed by atoms with Crippen LogP contribution in [-0.2, 0) is 6.54 Å². The van der Waals surface area contributed by atoms with Gasteiger partial charge in [-0.25, -0.2) is 0 Å². The van der Waals surface area contributed by atoms with Crippen LogP contribution in [0.3, 0.4) is 0 Å². The van der Waals surface area contributed by atoms with Crippen LogP contribution in [0.1, 0.15) is 45.4 Å². The Morgan fingerprint density at radius 1 is 1.21 bits per heavy atom. The summed E-state index contributed by atoms with van der Waals surface area (Å²) in [6.45, 7) is 3.17. The molecule has 1 aromatic rings. The number of aryl methyl sites for hydroxylation is 1. The second kappa shape index (κ2) is 6.82. The summed E-state index contributed by atoms with van der Waals surface area (Å²) in [5, 5.41) is 0. The van der Waals surface area contributed by atoms with Gasteiger partial charge in [0.05, 0.1) is 6.54 Å². The van der Waals surface area contributed by atoms with Crippen molar-refractivity contribution in [1.29, 1.82) is 0 Å². The van der Waals surface area contributed by atoms with Gasteiger partial charge >= 0.3 is 0 Å². The van der Waals surface area contributed by atoms with Crippen molar-refractivity contribution in [2.75, 3.05) is 0 Å². The molecule has 1 heterocycles. The summed E-state index contributed by atoms with van der Waals surface area (Å²) < 4.78 is 7.80. The lowest BCUT2D eigenvalue weighted by molar-refractivity contribution is 0.258. The highest BCUT2D eigenvalue weighted by atomic mass is 32.1.